The van der Waals surface area contributed by atoms with Crippen LogP contribution in [0.4, 0.5) is 0 Å². The van der Waals surface area contributed by atoms with Crippen molar-refractivity contribution in [3.8, 4) is 5.75 Å². The van der Waals surface area contributed by atoms with Crippen LogP contribution >= 0.6 is 0 Å². The fourth-order valence-electron chi connectivity index (χ4n) is 3.56. The van der Waals surface area contributed by atoms with Gasteiger partial charge in [-0.25, -0.2) is 0 Å². The molecule has 1 fully saturated rings. The molecule has 1 aliphatic heterocycles. The van der Waals surface area contributed by atoms with Crippen LogP contribution in [0.5, 0.6) is 5.75 Å². The maximum Gasteiger partial charge on any atom is 0.194 e. The molecule has 0 radical (unpaired) electrons. The van der Waals surface area contributed by atoms with Gasteiger partial charge in [0.05, 0.1) is 12.8 Å². The molecule has 29 heavy (non-hydrogen) atoms. The molecule has 1 saturated heterocycles. The summed E-state index contributed by atoms with van der Waals surface area (Å²) in [7, 11) is 1.70. The fraction of sp³-hybridized carbons (Fsp3) is 0.545. The molecule has 7 heteroatoms. The zero-order valence-electron chi connectivity index (χ0n) is 17.8. The number of nitrogens with zero attached hydrogens (tertiary/aromatic N) is 4. The smallest absolute Gasteiger partial charge is 0.194 e. The minimum atomic E-state index is 0.465. The second-order valence-corrected chi connectivity index (χ2v) is 7.45. The lowest BCUT2D eigenvalue weighted by Crippen LogP contribution is -2.52. The van der Waals surface area contributed by atoms with Crippen LogP contribution in [0.25, 0.3) is 0 Å². The standard InChI is InChI=1S/C22H33N5O2/c1-4-23-22(24-11-9-18(2)19-5-7-21(28-3)8-6-19)27-14-12-26(13-15-27)17-20-10-16-29-25-20/h5-8,10,16,18H,4,9,11-15,17H2,1-3H3,(H,23,24). The molecule has 0 saturated carbocycles. The van der Waals surface area contributed by atoms with Gasteiger partial charge in [0.1, 0.15) is 12.0 Å². The summed E-state index contributed by atoms with van der Waals surface area (Å²) >= 11 is 0. The van der Waals surface area contributed by atoms with E-state index in [4.69, 9.17) is 14.3 Å². The summed E-state index contributed by atoms with van der Waals surface area (Å²) < 4.78 is 10.2. The normalized spacial score (nSPS) is 16.7. The van der Waals surface area contributed by atoms with E-state index in [1.807, 2.05) is 18.2 Å². The van der Waals surface area contributed by atoms with Gasteiger partial charge in [-0.1, -0.05) is 24.2 Å². The lowest BCUT2D eigenvalue weighted by Gasteiger charge is -2.36. The van der Waals surface area contributed by atoms with Gasteiger partial charge in [-0.15, -0.1) is 0 Å². The third-order valence-corrected chi connectivity index (χ3v) is 5.39. The summed E-state index contributed by atoms with van der Waals surface area (Å²) in [5.41, 5.74) is 2.32. The van der Waals surface area contributed by atoms with Gasteiger partial charge in [0, 0.05) is 51.9 Å². The largest absolute Gasteiger partial charge is 0.497 e. The van der Waals surface area contributed by atoms with E-state index < -0.39 is 0 Å². The zero-order chi connectivity index (χ0) is 20.5. The van der Waals surface area contributed by atoms with Crippen molar-refractivity contribution >= 4 is 5.96 Å². The number of hydrogen-bond donors (Lipinski definition) is 1. The first-order valence-corrected chi connectivity index (χ1v) is 10.5. The Balaban J connectivity index is 1.49. The van der Waals surface area contributed by atoms with Gasteiger partial charge in [0.2, 0.25) is 0 Å². The van der Waals surface area contributed by atoms with Crippen LogP contribution in [0.2, 0.25) is 0 Å². The molecule has 0 aliphatic carbocycles. The summed E-state index contributed by atoms with van der Waals surface area (Å²) in [6.07, 6.45) is 2.65. The quantitative estimate of drug-likeness (QED) is 0.544. The minimum Gasteiger partial charge on any atom is -0.497 e. The number of piperazine rings is 1. The highest BCUT2D eigenvalue weighted by Crippen LogP contribution is 2.21. The van der Waals surface area contributed by atoms with Crippen molar-refractivity contribution < 1.29 is 9.26 Å². The number of hydrogen-bond acceptors (Lipinski definition) is 5. The molecule has 3 rings (SSSR count). The maximum absolute atomic E-state index is 5.24. The van der Waals surface area contributed by atoms with Gasteiger partial charge < -0.3 is 19.5 Å². The Labute approximate surface area is 173 Å². The summed E-state index contributed by atoms with van der Waals surface area (Å²) in [4.78, 5) is 9.67. The second kappa shape index (κ2) is 10.9. The maximum atomic E-state index is 5.24. The highest BCUT2D eigenvalue weighted by atomic mass is 16.5. The predicted octanol–water partition coefficient (Wildman–Crippen LogP) is 2.96. The van der Waals surface area contributed by atoms with Crippen molar-refractivity contribution in [2.75, 3.05) is 46.4 Å². The average Bonchev–Trinajstić information content (AvgIpc) is 3.27. The van der Waals surface area contributed by atoms with Crippen LogP contribution in [0.3, 0.4) is 0 Å². The number of guanidine groups is 1. The molecule has 1 N–H and O–H groups in total. The second-order valence-electron chi connectivity index (χ2n) is 7.45. The third kappa shape index (κ3) is 6.22. The molecule has 1 aromatic heterocycles. The molecule has 1 aliphatic rings. The van der Waals surface area contributed by atoms with E-state index in [-0.39, 0.29) is 0 Å². The summed E-state index contributed by atoms with van der Waals surface area (Å²) in [5, 5.41) is 7.47. The third-order valence-electron chi connectivity index (χ3n) is 5.39. The number of aromatic nitrogens is 1. The molecule has 1 aromatic carbocycles. The van der Waals surface area contributed by atoms with Crippen molar-refractivity contribution in [3.05, 3.63) is 47.9 Å². The summed E-state index contributed by atoms with van der Waals surface area (Å²) in [5.74, 6) is 2.39. The molecular formula is C22H33N5O2. The Morgan fingerprint density at radius 3 is 2.59 bits per heavy atom. The molecular weight excluding hydrogens is 366 g/mol. The van der Waals surface area contributed by atoms with Gasteiger partial charge in [0.15, 0.2) is 5.96 Å². The van der Waals surface area contributed by atoms with Crippen molar-refractivity contribution in [3.63, 3.8) is 0 Å². The number of aliphatic imine (C=N–C) groups is 1. The van der Waals surface area contributed by atoms with Crippen molar-refractivity contribution in [2.45, 2.75) is 32.7 Å². The van der Waals surface area contributed by atoms with E-state index in [1.54, 1.807) is 13.4 Å². The first kappa shape index (κ1) is 21.2. The number of rotatable bonds is 8. The molecule has 1 unspecified atom stereocenters. The van der Waals surface area contributed by atoms with Gasteiger partial charge in [0.25, 0.3) is 0 Å². The molecule has 0 amide bonds. The van der Waals surface area contributed by atoms with Crippen LogP contribution in [-0.2, 0) is 6.54 Å². The lowest BCUT2D eigenvalue weighted by atomic mass is 9.98. The minimum absolute atomic E-state index is 0.465. The van der Waals surface area contributed by atoms with Gasteiger partial charge in [-0.3, -0.25) is 9.89 Å². The van der Waals surface area contributed by atoms with E-state index in [2.05, 4.69) is 46.3 Å². The van der Waals surface area contributed by atoms with Crippen LogP contribution in [-0.4, -0.2) is 67.3 Å². The van der Waals surface area contributed by atoms with Crippen molar-refractivity contribution in [2.24, 2.45) is 4.99 Å². The molecule has 0 bridgehead atoms. The fourth-order valence-corrected chi connectivity index (χ4v) is 3.56. The van der Waals surface area contributed by atoms with E-state index in [1.165, 1.54) is 5.56 Å². The highest BCUT2D eigenvalue weighted by Gasteiger charge is 2.20. The zero-order valence-corrected chi connectivity index (χ0v) is 17.8. The number of ether oxygens (including phenoxy) is 1. The highest BCUT2D eigenvalue weighted by molar-refractivity contribution is 5.80. The van der Waals surface area contributed by atoms with E-state index in [0.717, 1.165) is 69.6 Å². The van der Waals surface area contributed by atoms with E-state index in [9.17, 15) is 0 Å². The summed E-state index contributed by atoms with van der Waals surface area (Å²) in [6.45, 7) is 10.9. The van der Waals surface area contributed by atoms with Crippen LogP contribution in [0.15, 0.2) is 46.1 Å². The van der Waals surface area contributed by atoms with E-state index >= 15 is 0 Å². The topological polar surface area (TPSA) is 66.1 Å². The average molecular weight is 400 g/mol. The summed E-state index contributed by atoms with van der Waals surface area (Å²) in [6, 6.07) is 10.3. The Hall–Kier alpha value is -2.54. The lowest BCUT2D eigenvalue weighted by molar-refractivity contribution is 0.169. The van der Waals surface area contributed by atoms with Crippen LogP contribution in [0, 0.1) is 0 Å². The van der Waals surface area contributed by atoms with Gasteiger partial charge in [-0.2, -0.15) is 0 Å². The Kier molecular flexibility index (Phi) is 7.93. The molecule has 2 aromatic rings. The molecule has 158 valence electrons. The van der Waals surface area contributed by atoms with Gasteiger partial charge in [-0.05, 0) is 37.0 Å². The molecule has 7 nitrogen and oxygen atoms in total. The monoisotopic (exact) mass is 399 g/mol. The first-order chi connectivity index (χ1) is 14.2. The SMILES string of the molecule is CCNC(=NCCC(C)c1ccc(OC)cc1)N1CCN(Cc2ccon2)CC1. The predicted molar refractivity (Wildman–Crippen MR) is 115 cm³/mol. The Morgan fingerprint density at radius 2 is 1.97 bits per heavy atom. The van der Waals surface area contributed by atoms with Crippen molar-refractivity contribution in [1.29, 1.82) is 0 Å². The number of benzene rings is 1. The molecule has 0 spiro atoms. The van der Waals surface area contributed by atoms with Gasteiger partial charge >= 0.3 is 0 Å². The van der Waals surface area contributed by atoms with Crippen molar-refractivity contribution in [1.82, 2.24) is 20.3 Å². The number of nitrogens with one attached hydrogen (secondary N) is 1. The van der Waals surface area contributed by atoms with E-state index in [0.29, 0.717) is 5.92 Å². The molecule has 2 heterocycles. The van der Waals surface area contributed by atoms with Crippen LogP contribution < -0.4 is 10.1 Å². The number of methoxy groups -OCH3 is 1. The molecule has 1 atom stereocenters. The Bertz CT molecular complexity index is 737. The Morgan fingerprint density at radius 1 is 1.21 bits per heavy atom. The van der Waals surface area contributed by atoms with Crippen LogP contribution in [0.1, 0.15) is 37.4 Å². The first-order valence-electron chi connectivity index (χ1n) is 10.5.